The second kappa shape index (κ2) is 13.1. The molecular weight excluding hydrogens is 661 g/mol. The van der Waals surface area contributed by atoms with Crippen LogP contribution in [0, 0.1) is 0 Å². The molecule has 0 unspecified atom stereocenters. The van der Waals surface area contributed by atoms with Gasteiger partial charge in [-0.25, -0.2) is 4.98 Å². The van der Waals surface area contributed by atoms with E-state index in [1.807, 2.05) is 6.20 Å². The lowest BCUT2D eigenvalue weighted by Gasteiger charge is -2.41. The van der Waals surface area contributed by atoms with Crippen molar-refractivity contribution in [1.29, 1.82) is 0 Å². The fraction of sp³-hybridized carbons (Fsp3) is 0.286. The van der Waals surface area contributed by atoms with Gasteiger partial charge in [-0.1, -0.05) is 111 Å². The summed E-state index contributed by atoms with van der Waals surface area (Å²) in [6.45, 7) is 22.2. The Balaban J connectivity index is 1.21. The SMILES string of the molecule is CC(C)(C)c1cc(Oc2ccc3c4ccccc4n(-c4cc(C(C)(C)C)ccn4)c3c2)cc(N2CCN(c3ccccc3C(C)(C)C)c3ccccc32)c1. The summed E-state index contributed by atoms with van der Waals surface area (Å²) in [4.78, 5) is 9.84. The highest BCUT2D eigenvalue weighted by molar-refractivity contribution is 6.09. The van der Waals surface area contributed by atoms with Crippen LogP contribution in [-0.2, 0) is 16.2 Å². The smallest absolute Gasteiger partial charge is 0.137 e. The third-order valence-electron chi connectivity index (χ3n) is 10.8. The van der Waals surface area contributed by atoms with Gasteiger partial charge >= 0.3 is 0 Å². The van der Waals surface area contributed by atoms with E-state index in [2.05, 4.69) is 198 Å². The number of ether oxygens (including phenoxy) is 1. The van der Waals surface area contributed by atoms with Crippen molar-refractivity contribution in [3.8, 4) is 17.3 Å². The zero-order chi connectivity index (χ0) is 38.0. The van der Waals surface area contributed by atoms with Gasteiger partial charge in [0.25, 0.3) is 0 Å². The standard InChI is InChI=1S/C49H52N4O/c1-47(2,3)33-24-25-50-46(30-33)53-41-18-12-10-16-38(41)39-23-22-36(32-45(39)53)54-37-29-34(48(4,5)6)28-35(31-37)51-26-27-52(44-21-15-14-20-43(44)51)42-19-13-11-17-40(42)49(7,8)9/h10-25,28-32H,26-27H2,1-9H3. The maximum atomic E-state index is 6.88. The normalized spacial score (nSPS) is 13.8. The third-order valence-corrected chi connectivity index (χ3v) is 10.8. The minimum atomic E-state index is -0.0821. The van der Waals surface area contributed by atoms with E-state index < -0.39 is 0 Å². The Hall–Kier alpha value is -5.55. The third kappa shape index (κ3) is 6.51. The topological polar surface area (TPSA) is 33.5 Å². The van der Waals surface area contributed by atoms with Gasteiger partial charge in [0, 0.05) is 53.6 Å². The van der Waals surface area contributed by atoms with E-state index in [-0.39, 0.29) is 16.2 Å². The van der Waals surface area contributed by atoms with Crippen LogP contribution in [0.1, 0.15) is 79.0 Å². The van der Waals surface area contributed by atoms with E-state index in [9.17, 15) is 0 Å². The van der Waals surface area contributed by atoms with E-state index in [4.69, 9.17) is 9.72 Å². The fourth-order valence-corrected chi connectivity index (χ4v) is 7.86. The van der Waals surface area contributed by atoms with Crippen LogP contribution >= 0.6 is 0 Å². The van der Waals surface area contributed by atoms with Crippen LogP contribution in [0.2, 0.25) is 0 Å². The zero-order valence-corrected chi connectivity index (χ0v) is 33.2. The number of para-hydroxylation sites is 4. The predicted octanol–water partition coefficient (Wildman–Crippen LogP) is 13.2. The number of rotatable bonds is 5. The van der Waals surface area contributed by atoms with Gasteiger partial charge in [-0.3, -0.25) is 4.57 Å². The number of anilines is 4. The summed E-state index contributed by atoms with van der Waals surface area (Å²) in [5, 5.41) is 2.37. The first kappa shape index (κ1) is 35.5. The molecule has 54 heavy (non-hydrogen) atoms. The van der Waals surface area contributed by atoms with Gasteiger partial charge in [0.05, 0.1) is 22.4 Å². The monoisotopic (exact) mass is 712 g/mol. The van der Waals surface area contributed by atoms with Crippen molar-refractivity contribution in [2.24, 2.45) is 0 Å². The molecule has 274 valence electrons. The zero-order valence-electron chi connectivity index (χ0n) is 33.2. The summed E-state index contributed by atoms with van der Waals surface area (Å²) < 4.78 is 9.16. The number of aromatic nitrogens is 2. The number of hydrogen-bond donors (Lipinski definition) is 0. The Morgan fingerprint density at radius 1 is 0.500 bits per heavy atom. The Morgan fingerprint density at radius 2 is 1.13 bits per heavy atom. The predicted molar refractivity (Wildman–Crippen MR) is 228 cm³/mol. The summed E-state index contributed by atoms with van der Waals surface area (Å²) in [5.41, 5.74) is 10.8. The summed E-state index contributed by atoms with van der Waals surface area (Å²) in [6.07, 6.45) is 1.93. The lowest BCUT2D eigenvalue weighted by molar-refractivity contribution is 0.479. The lowest BCUT2D eigenvalue weighted by Crippen LogP contribution is -2.37. The second-order valence-electron chi connectivity index (χ2n) is 17.8. The maximum Gasteiger partial charge on any atom is 0.137 e. The molecule has 5 heteroatoms. The highest BCUT2D eigenvalue weighted by Gasteiger charge is 2.29. The molecule has 7 aromatic rings. The van der Waals surface area contributed by atoms with Gasteiger partial charge in [0.1, 0.15) is 17.3 Å². The summed E-state index contributed by atoms with van der Waals surface area (Å²) in [5.74, 6) is 2.52. The molecule has 8 rings (SSSR count). The molecule has 0 bridgehead atoms. The van der Waals surface area contributed by atoms with Gasteiger partial charge in [-0.15, -0.1) is 0 Å². The summed E-state index contributed by atoms with van der Waals surface area (Å²) >= 11 is 0. The van der Waals surface area contributed by atoms with Gasteiger partial charge in [0.2, 0.25) is 0 Å². The molecule has 3 heterocycles. The minimum Gasteiger partial charge on any atom is -0.457 e. The molecule has 0 saturated carbocycles. The largest absolute Gasteiger partial charge is 0.457 e. The van der Waals surface area contributed by atoms with E-state index in [1.165, 1.54) is 44.5 Å². The Labute approximate surface area is 320 Å². The van der Waals surface area contributed by atoms with Gasteiger partial charge in [-0.2, -0.15) is 0 Å². The molecule has 0 atom stereocenters. The highest BCUT2D eigenvalue weighted by atomic mass is 16.5. The molecule has 0 N–H and O–H groups in total. The molecule has 2 aromatic heterocycles. The van der Waals surface area contributed by atoms with E-state index in [0.717, 1.165) is 47.1 Å². The van der Waals surface area contributed by atoms with Crippen molar-refractivity contribution in [2.75, 3.05) is 22.9 Å². The molecular formula is C49H52N4O. The van der Waals surface area contributed by atoms with Crippen LogP contribution in [0.4, 0.5) is 22.7 Å². The van der Waals surface area contributed by atoms with Crippen LogP contribution in [0.25, 0.3) is 27.6 Å². The Bertz CT molecular complexity index is 2510. The van der Waals surface area contributed by atoms with Crippen molar-refractivity contribution in [3.05, 3.63) is 144 Å². The lowest BCUT2D eigenvalue weighted by atomic mass is 9.85. The van der Waals surface area contributed by atoms with Crippen LogP contribution in [-0.4, -0.2) is 22.6 Å². The molecule has 0 radical (unpaired) electrons. The number of hydrogen-bond acceptors (Lipinski definition) is 4. The average Bonchev–Trinajstić information content (AvgIpc) is 3.47. The molecule has 1 aliphatic rings. The molecule has 0 saturated heterocycles. The minimum absolute atomic E-state index is 0.00453. The van der Waals surface area contributed by atoms with Crippen molar-refractivity contribution in [1.82, 2.24) is 9.55 Å². The molecule has 0 amide bonds. The molecule has 5 aromatic carbocycles. The molecule has 0 aliphatic carbocycles. The maximum absolute atomic E-state index is 6.88. The number of nitrogens with zero attached hydrogens (tertiary/aromatic N) is 4. The number of benzene rings is 5. The second-order valence-corrected chi connectivity index (χ2v) is 17.8. The first-order valence-corrected chi connectivity index (χ1v) is 19.2. The van der Waals surface area contributed by atoms with Crippen molar-refractivity contribution >= 4 is 44.6 Å². The van der Waals surface area contributed by atoms with Crippen LogP contribution < -0.4 is 14.5 Å². The molecule has 5 nitrogen and oxygen atoms in total. The summed E-state index contributed by atoms with van der Waals surface area (Å²) in [6, 6.07) is 43.8. The van der Waals surface area contributed by atoms with E-state index in [0.29, 0.717) is 0 Å². The summed E-state index contributed by atoms with van der Waals surface area (Å²) in [7, 11) is 0. The Morgan fingerprint density at radius 3 is 1.85 bits per heavy atom. The molecule has 0 spiro atoms. The Kier molecular flexibility index (Phi) is 8.60. The number of pyridine rings is 1. The van der Waals surface area contributed by atoms with Gasteiger partial charge in [0.15, 0.2) is 0 Å². The van der Waals surface area contributed by atoms with Gasteiger partial charge in [-0.05, 0) is 93.6 Å². The first-order chi connectivity index (χ1) is 25.7. The van der Waals surface area contributed by atoms with E-state index in [1.54, 1.807) is 0 Å². The highest BCUT2D eigenvalue weighted by Crippen LogP contribution is 2.46. The quantitative estimate of drug-likeness (QED) is 0.178. The molecule has 0 fully saturated rings. The number of fused-ring (bicyclic) bond motifs is 4. The van der Waals surface area contributed by atoms with Crippen LogP contribution in [0.5, 0.6) is 11.5 Å². The fourth-order valence-electron chi connectivity index (χ4n) is 7.86. The van der Waals surface area contributed by atoms with Crippen LogP contribution in [0.3, 0.4) is 0 Å². The van der Waals surface area contributed by atoms with Crippen molar-refractivity contribution in [2.45, 2.75) is 78.6 Å². The van der Waals surface area contributed by atoms with Crippen molar-refractivity contribution < 1.29 is 4.74 Å². The van der Waals surface area contributed by atoms with Crippen LogP contribution in [0.15, 0.2) is 128 Å². The average molecular weight is 713 g/mol. The van der Waals surface area contributed by atoms with E-state index >= 15 is 0 Å². The van der Waals surface area contributed by atoms with Gasteiger partial charge < -0.3 is 14.5 Å². The van der Waals surface area contributed by atoms with Crippen molar-refractivity contribution in [3.63, 3.8) is 0 Å². The first-order valence-electron chi connectivity index (χ1n) is 19.2. The molecule has 1 aliphatic heterocycles.